The summed E-state index contributed by atoms with van der Waals surface area (Å²) in [5.41, 5.74) is 3.34. The van der Waals surface area contributed by atoms with Crippen LogP contribution >= 0.6 is 0 Å². The number of anilines is 3. The highest BCUT2D eigenvalue weighted by atomic mass is 16.5. The van der Waals surface area contributed by atoms with E-state index in [1.807, 2.05) is 67.7 Å². The molecule has 0 aliphatic heterocycles. The van der Waals surface area contributed by atoms with E-state index in [2.05, 4.69) is 41.1 Å². The number of carbonyl (C=O) groups is 1. The first kappa shape index (κ1) is 26.1. The van der Waals surface area contributed by atoms with Gasteiger partial charge in [-0.15, -0.1) is 0 Å². The van der Waals surface area contributed by atoms with Crippen molar-refractivity contribution in [2.45, 2.75) is 26.7 Å². The van der Waals surface area contributed by atoms with Crippen LogP contribution in [0.1, 0.15) is 37.0 Å². The molecular weight excluding hydrogens is 438 g/mol. The Bertz CT molecular complexity index is 1050. The average molecular weight is 476 g/mol. The van der Waals surface area contributed by atoms with Crippen LogP contribution in [0.5, 0.6) is 11.5 Å². The van der Waals surface area contributed by atoms with Gasteiger partial charge in [-0.05, 0) is 74.5 Å². The topological polar surface area (TPSA) is 54.0 Å². The standard InChI is InChI=1S/C29H37N3O3/c1-5-18-32(19-6-2)20-21-35-28-22-24(14-17-27(28)34-4)30-29(33)23-12-15-26(16-13-23)31(3)25-10-8-7-9-11-25/h7-17,22H,5-6,18-21H2,1-4H3,(H,30,33). The number of hydrogen-bond donors (Lipinski definition) is 1. The van der Waals surface area contributed by atoms with Gasteiger partial charge in [-0.3, -0.25) is 9.69 Å². The van der Waals surface area contributed by atoms with Crippen molar-refractivity contribution in [2.75, 3.05) is 50.6 Å². The van der Waals surface area contributed by atoms with E-state index in [1.54, 1.807) is 7.11 Å². The van der Waals surface area contributed by atoms with Gasteiger partial charge < -0.3 is 19.7 Å². The zero-order valence-corrected chi connectivity index (χ0v) is 21.3. The Morgan fingerprint density at radius 3 is 2.11 bits per heavy atom. The number of nitrogens with zero attached hydrogens (tertiary/aromatic N) is 2. The van der Waals surface area contributed by atoms with Crippen LogP contribution in [0.2, 0.25) is 0 Å². The number of nitrogens with one attached hydrogen (secondary N) is 1. The highest BCUT2D eigenvalue weighted by Crippen LogP contribution is 2.30. The minimum atomic E-state index is -0.174. The fraction of sp³-hybridized carbons (Fsp3) is 0.345. The van der Waals surface area contributed by atoms with Gasteiger partial charge in [0, 0.05) is 42.3 Å². The molecule has 3 aromatic rings. The van der Waals surface area contributed by atoms with Gasteiger partial charge in [0.1, 0.15) is 6.61 Å². The third kappa shape index (κ3) is 7.49. The highest BCUT2D eigenvalue weighted by molar-refractivity contribution is 6.04. The lowest BCUT2D eigenvalue weighted by Gasteiger charge is -2.21. The van der Waals surface area contributed by atoms with E-state index in [0.29, 0.717) is 29.4 Å². The van der Waals surface area contributed by atoms with E-state index in [0.717, 1.165) is 43.9 Å². The molecular formula is C29H37N3O3. The summed E-state index contributed by atoms with van der Waals surface area (Å²) in [6, 6.07) is 23.1. The van der Waals surface area contributed by atoms with E-state index >= 15 is 0 Å². The largest absolute Gasteiger partial charge is 0.493 e. The van der Waals surface area contributed by atoms with Crippen LogP contribution in [0.3, 0.4) is 0 Å². The molecule has 35 heavy (non-hydrogen) atoms. The lowest BCUT2D eigenvalue weighted by molar-refractivity contribution is 0.102. The summed E-state index contributed by atoms with van der Waals surface area (Å²) in [5.74, 6) is 1.10. The lowest BCUT2D eigenvalue weighted by atomic mass is 10.1. The molecule has 3 aromatic carbocycles. The van der Waals surface area contributed by atoms with Crippen LogP contribution in [0.15, 0.2) is 72.8 Å². The maximum Gasteiger partial charge on any atom is 0.255 e. The van der Waals surface area contributed by atoms with Crippen molar-refractivity contribution in [2.24, 2.45) is 0 Å². The third-order valence-corrected chi connectivity index (χ3v) is 5.83. The predicted octanol–water partition coefficient (Wildman–Crippen LogP) is 6.22. The zero-order chi connectivity index (χ0) is 25.0. The summed E-state index contributed by atoms with van der Waals surface area (Å²) < 4.78 is 11.5. The first-order valence-electron chi connectivity index (χ1n) is 12.3. The molecule has 0 heterocycles. The van der Waals surface area contributed by atoms with Gasteiger partial charge in [0.2, 0.25) is 0 Å². The van der Waals surface area contributed by atoms with E-state index in [-0.39, 0.29) is 5.91 Å². The van der Waals surface area contributed by atoms with Crippen LogP contribution in [0.4, 0.5) is 17.1 Å². The van der Waals surface area contributed by atoms with Crippen molar-refractivity contribution in [3.8, 4) is 11.5 Å². The van der Waals surface area contributed by atoms with Crippen molar-refractivity contribution >= 4 is 23.0 Å². The van der Waals surface area contributed by atoms with E-state index in [4.69, 9.17) is 9.47 Å². The molecule has 0 aromatic heterocycles. The molecule has 1 N–H and O–H groups in total. The van der Waals surface area contributed by atoms with Gasteiger partial charge in [0.05, 0.1) is 7.11 Å². The van der Waals surface area contributed by atoms with E-state index < -0.39 is 0 Å². The lowest BCUT2D eigenvalue weighted by Crippen LogP contribution is -2.30. The molecule has 0 atom stereocenters. The average Bonchev–Trinajstić information content (AvgIpc) is 2.89. The molecule has 1 amide bonds. The minimum absolute atomic E-state index is 0.174. The zero-order valence-electron chi connectivity index (χ0n) is 21.3. The quantitative estimate of drug-likeness (QED) is 0.318. The SMILES string of the molecule is CCCN(CCC)CCOc1cc(NC(=O)c2ccc(N(C)c3ccccc3)cc2)ccc1OC. The first-order valence-corrected chi connectivity index (χ1v) is 12.3. The molecule has 0 radical (unpaired) electrons. The van der Waals surface area contributed by atoms with Crippen molar-refractivity contribution in [1.29, 1.82) is 0 Å². The fourth-order valence-corrected chi connectivity index (χ4v) is 3.96. The maximum atomic E-state index is 12.9. The van der Waals surface area contributed by atoms with Crippen molar-refractivity contribution in [1.82, 2.24) is 4.90 Å². The summed E-state index contributed by atoms with van der Waals surface area (Å²) in [4.78, 5) is 17.4. The fourth-order valence-electron chi connectivity index (χ4n) is 3.96. The molecule has 186 valence electrons. The van der Waals surface area contributed by atoms with Gasteiger partial charge in [0.25, 0.3) is 5.91 Å². The highest BCUT2D eigenvalue weighted by Gasteiger charge is 2.12. The Morgan fingerprint density at radius 1 is 0.829 bits per heavy atom. The van der Waals surface area contributed by atoms with Crippen LogP contribution in [0, 0.1) is 0 Å². The normalized spacial score (nSPS) is 10.8. The second kappa shape index (κ2) is 13.4. The van der Waals surface area contributed by atoms with Crippen LogP contribution in [0.25, 0.3) is 0 Å². The Kier molecular flexibility index (Phi) is 9.99. The summed E-state index contributed by atoms with van der Waals surface area (Å²) >= 11 is 0. The molecule has 0 saturated carbocycles. The van der Waals surface area contributed by atoms with Gasteiger partial charge >= 0.3 is 0 Å². The van der Waals surface area contributed by atoms with Gasteiger partial charge in [0.15, 0.2) is 11.5 Å². The van der Waals surface area contributed by atoms with E-state index in [1.165, 1.54) is 0 Å². The van der Waals surface area contributed by atoms with Crippen LogP contribution in [-0.2, 0) is 0 Å². The number of amides is 1. The number of benzene rings is 3. The number of hydrogen-bond acceptors (Lipinski definition) is 5. The third-order valence-electron chi connectivity index (χ3n) is 5.83. The molecule has 0 unspecified atom stereocenters. The molecule has 6 nitrogen and oxygen atoms in total. The molecule has 3 rings (SSSR count). The Hall–Kier alpha value is -3.51. The molecule has 6 heteroatoms. The Labute approximate surface area is 209 Å². The van der Waals surface area contributed by atoms with E-state index in [9.17, 15) is 4.79 Å². The number of para-hydroxylation sites is 1. The van der Waals surface area contributed by atoms with Crippen molar-refractivity contribution < 1.29 is 14.3 Å². The predicted molar refractivity (Wildman–Crippen MR) is 144 cm³/mol. The summed E-state index contributed by atoms with van der Waals surface area (Å²) in [7, 11) is 3.63. The molecule has 0 saturated heterocycles. The number of carbonyl (C=O) groups excluding carboxylic acids is 1. The Balaban J connectivity index is 1.63. The summed E-state index contributed by atoms with van der Waals surface area (Å²) in [6.07, 6.45) is 2.24. The molecule has 0 bridgehead atoms. The molecule has 0 fully saturated rings. The number of ether oxygens (including phenoxy) is 2. The summed E-state index contributed by atoms with van der Waals surface area (Å²) in [5, 5.41) is 2.97. The van der Waals surface area contributed by atoms with Crippen molar-refractivity contribution in [3.05, 3.63) is 78.4 Å². The number of methoxy groups -OCH3 is 1. The second-order valence-electron chi connectivity index (χ2n) is 8.45. The van der Waals surface area contributed by atoms with Gasteiger partial charge in [-0.2, -0.15) is 0 Å². The maximum absolute atomic E-state index is 12.9. The van der Waals surface area contributed by atoms with Gasteiger partial charge in [-0.1, -0.05) is 32.0 Å². The number of rotatable bonds is 13. The monoisotopic (exact) mass is 475 g/mol. The van der Waals surface area contributed by atoms with Gasteiger partial charge in [-0.25, -0.2) is 0 Å². The van der Waals surface area contributed by atoms with Crippen molar-refractivity contribution in [3.63, 3.8) is 0 Å². The van der Waals surface area contributed by atoms with Crippen LogP contribution in [-0.4, -0.2) is 51.2 Å². The Morgan fingerprint density at radius 2 is 1.49 bits per heavy atom. The second-order valence-corrected chi connectivity index (χ2v) is 8.45. The first-order chi connectivity index (χ1) is 17.0. The molecule has 0 aliphatic carbocycles. The molecule has 0 aliphatic rings. The summed E-state index contributed by atoms with van der Waals surface area (Å²) in [6.45, 7) is 7.91. The smallest absolute Gasteiger partial charge is 0.255 e. The minimum Gasteiger partial charge on any atom is -0.493 e. The molecule has 0 spiro atoms. The van der Waals surface area contributed by atoms with Crippen LogP contribution < -0.4 is 19.7 Å².